The molecule has 6 heteroatoms. The fraction of sp³-hybridized carbons (Fsp3) is 0.308. The van der Waals surface area contributed by atoms with Crippen molar-refractivity contribution in [3.8, 4) is 0 Å². The van der Waals surface area contributed by atoms with Gasteiger partial charge in [-0.25, -0.2) is 4.79 Å². The van der Waals surface area contributed by atoms with Crippen LogP contribution in [0.3, 0.4) is 0 Å². The van der Waals surface area contributed by atoms with E-state index >= 15 is 0 Å². The molecule has 0 unspecified atom stereocenters. The van der Waals surface area contributed by atoms with E-state index in [2.05, 4.69) is 0 Å². The molecule has 2 atom stereocenters. The zero-order chi connectivity index (χ0) is 13.8. The van der Waals surface area contributed by atoms with Crippen LogP contribution in [0.5, 0.6) is 0 Å². The van der Waals surface area contributed by atoms with E-state index in [1.807, 2.05) is 30.3 Å². The van der Waals surface area contributed by atoms with Gasteiger partial charge >= 0.3 is 5.97 Å². The Kier molecular flexibility index (Phi) is 4.09. The number of hydrogen-bond donors (Lipinski definition) is 2. The second-order valence-corrected chi connectivity index (χ2v) is 4.17. The van der Waals surface area contributed by atoms with Gasteiger partial charge in [-0.15, -0.1) is 0 Å². The zero-order valence-electron chi connectivity index (χ0n) is 10.0. The van der Waals surface area contributed by atoms with Crippen molar-refractivity contribution < 1.29 is 24.6 Å². The number of nitrogens with zero attached hydrogens (tertiary/aromatic N) is 1. The summed E-state index contributed by atoms with van der Waals surface area (Å²) in [4.78, 5) is 27.1. The third kappa shape index (κ3) is 2.89. The summed E-state index contributed by atoms with van der Waals surface area (Å²) < 4.78 is 0. The van der Waals surface area contributed by atoms with E-state index in [0.29, 0.717) is 0 Å². The predicted octanol–water partition coefficient (Wildman–Crippen LogP) is 0.00590. The van der Waals surface area contributed by atoms with Crippen LogP contribution in [0.25, 0.3) is 0 Å². The Hall–Kier alpha value is -1.98. The maximum Gasteiger partial charge on any atom is 0.328 e. The first-order chi connectivity index (χ1) is 9.13. The summed E-state index contributed by atoms with van der Waals surface area (Å²) in [5.41, 5.74) is 0.658. The first-order valence-corrected chi connectivity index (χ1v) is 5.72. The molecular formula is C13H13NO5. The van der Waals surface area contributed by atoms with Crippen LogP contribution >= 0.6 is 0 Å². The number of carboxylic acids is 1. The summed E-state index contributed by atoms with van der Waals surface area (Å²) >= 11 is 0. The van der Waals surface area contributed by atoms with E-state index in [1.54, 1.807) is 0 Å². The molecule has 100 valence electrons. The molecule has 0 bridgehead atoms. The van der Waals surface area contributed by atoms with Gasteiger partial charge in [-0.3, -0.25) is 9.63 Å². The van der Waals surface area contributed by atoms with Gasteiger partial charge in [-0.05, 0) is 5.56 Å². The second-order valence-electron chi connectivity index (χ2n) is 4.17. The Morgan fingerprint density at radius 1 is 1.42 bits per heavy atom. The Balaban J connectivity index is 2.07. The average Bonchev–Trinajstić information content (AvgIpc) is 2.73. The summed E-state index contributed by atoms with van der Waals surface area (Å²) in [6.07, 6.45) is -1.16. The van der Waals surface area contributed by atoms with E-state index in [1.165, 1.54) is 5.94 Å². The number of aliphatic hydroxyl groups excluding tert-OH is 1. The molecule has 1 aromatic rings. The monoisotopic (exact) mass is 263 g/mol. The van der Waals surface area contributed by atoms with Gasteiger partial charge in [0, 0.05) is 0 Å². The lowest BCUT2D eigenvalue weighted by Crippen LogP contribution is -2.36. The lowest BCUT2D eigenvalue weighted by molar-refractivity contribution is -0.191. The van der Waals surface area contributed by atoms with Gasteiger partial charge in [0.1, 0.15) is 12.0 Å². The minimum atomic E-state index is -1.28. The van der Waals surface area contributed by atoms with Crippen LogP contribution in [0, 0.1) is 0 Å². The van der Waals surface area contributed by atoms with Crippen molar-refractivity contribution in [3.05, 3.63) is 41.5 Å². The number of rotatable bonds is 4. The minimum absolute atomic E-state index is 0.0611. The van der Waals surface area contributed by atoms with Crippen LogP contribution in [-0.4, -0.2) is 45.9 Å². The number of aliphatic hydroxyl groups is 1. The lowest BCUT2D eigenvalue weighted by atomic mass is 10.1. The van der Waals surface area contributed by atoms with Crippen LogP contribution in [0.2, 0.25) is 0 Å². The fourth-order valence-corrected chi connectivity index (χ4v) is 1.95. The van der Waals surface area contributed by atoms with Crippen molar-refractivity contribution in [1.82, 2.24) is 5.06 Å². The molecule has 0 amide bonds. The summed E-state index contributed by atoms with van der Waals surface area (Å²) in [7, 11) is 0. The van der Waals surface area contributed by atoms with Gasteiger partial charge in [0.05, 0.1) is 18.7 Å². The average molecular weight is 263 g/mol. The normalized spacial score (nSPS) is 23.3. The highest BCUT2D eigenvalue weighted by Gasteiger charge is 2.43. The van der Waals surface area contributed by atoms with Crippen molar-refractivity contribution in [1.29, 1.82) is 0 Å². The van der Waals surface area contributed by atoms with Gasteiger partial charge in [-0.1, -0.05) is 30.3 Å². The molecule has 0 spiro atoms. The van der Waals surface area contributed by atoms with Gasteiger partial charge in [0.15, 0.2) is 6.04 Å². The molecule has 6 nitrogen and oxygen atoms in total. The summed E-state index contributed by atoms with van der Waals surface area (Å²) in [5.74, 6) is 0.240. The Morgan fingerprint density at radius 3 is 2.68 bits per heavy atom. The number of β-amino-alcohol motifs (C(OH)–C–C–N with tert-alkyl or cyclic N) is 1. The van der Waals surface area contributed by atoms with Gasteiger partial charge in [0.25, 0.3) is 0 Å². The van der Waals surface area contributed by atoms with Crippen LogP contribution in [0.1, 0.15) is 5.56 Å². The summed E-state index contributed by atoms with van der Waals surface area (Å²) in [5, 5.41) is 19.8. The van der Waals surface area contributed by atoms with Gasteiger partial charge in [-0.2, -0.15) is 5.06 Å². The van der Waals surface area contributed by atoms with E-state index in [4.69, 9.17) is 9.94 Å². The first-order valence-electron chi connectivity index (χ1n) is 5.72. The summed E-state index contributed by atoms with van der Waals surface area (Å²) in [6, 6.07) is 7.91. The summed E-state index contributed by atoms with van der Waals surface area (Å²) in [6.45, 7) is 0.109. The molecule has 1 fully saturated rings. The van der Waals surface area contributed by atoms with Crippen molar-refractivity contribution in [2.75, 3.05) is 6.54 Å². The standard InChI is InChI=1S/C13H13NO5/c15-7-10-11(16)6-14(12(10)13(17)18)19-8-9-4-2-1-3-5-9/h1-5,11-12,16H,6,8H2,(H,17,18)/t11-,12-/m0/s1. The number of carboxylic acid groups (broad SMARTS) is 1. The lowest BCUT2D eigenvalue weighted by Gasteiger charge is -2.19. The maximum atomic E-state index is 11.1. The Bertz CT molecular complexity index is 509. The Morgan fingerprint density at radius 2 is 2.11 bits per heavy atom. The van der Waals surface area contributed by atoms with Crippen molar-refractivity contribution >= 4 is 11.9 Å². The largest absolute Gasteiger partial charge is 0.480 e. The van der Waals surface area contributed by atoms with Crippen molar-refractivity contribution in [2.45, 2.75) is 18.8 Å². The van der Waals surface area contributed by atoms with Crippen molar-refractivity contribution in [2.24, 2.45) is 0 Å². The van der Waals surface area contributed by atoms with Crippen LogP contribution < -0.4 is 0 Å². The number of carbonyl (C=O) groups is 1. The maximum absolute atomic E-state index is 11.1. The molecule has 1 aliphatic rings. The molecule has 0 saturated carbocycles. The molecule has 1 saturated heterocycles. The van der Waals surface area contributed by atoms with Crippen LogP contribution in [-0.2, 0) is 21.0 Å². The molecule has 1 aliphatic heterocycles. The smallest absolute Gasteiger partial charge is 0.328 e. The van der Waals surface area contributed by atoms with E-state index in [-0.39, 0.29) is 18.7 Å². The molecule has 1 heterocycles. The van der Waals surface area contributed by atoms with E-state index < -0.39 is 18.1 Å². The van der Waals surface area contributed by atoms with Gasteiger partial charge in [0.2, 0.25) is 0 Å². The quantitative estimate of drug-likeness (QED) is 0.744. The first kappa shape index (κ1) is 13.5. The number of benzene rings is 1. The van der Waals surface area contributed by atoms with E-state index in [9.17, 15) is 14.7 Å². The number of hydroxylamine groups is 2. The third-order valence-electron chi connectivity index (χ3n) is 2.89. The zero-order valence-corrected chi connectivity index (χ0v) is 10.0. The van der Waals surface area contributed by atoms with Crippen LogP contribution in [0.15, 0.2) is 35.9 Å². The number of carbonyl (C=O) groups excluding carboxylic acids is 1. The fourth-order valence-electron chi connectivity index (χ4n) is 1.95. The number of aliphatic carboxylic acids is 1. The molecule has 0 aliphatic carbocycles. The highest BCUT2D eigenvalue weighted by molar-refractivity contribution is 5.82. The molecule has 0 aromatic heterocycles. The van der Waals surface area contributed by atoms with Gasteiger partial charge < -0.3 is 10.2 Å². The minimum Gasteiger partial charge on any atom is -0.480 e. The number of hydrogen-bond acceptors (Lipinski definition) is 5. The second kappa shape index (κ2) is 5.77. The molecule has 2 N–H and O–H groups in total. The predicted molar refractivity (Wildman–Crippen MR) is 64.6 cm³/mol. The molecular weight excluding hydrogens is 250 g/mol. The Labute approximate surface area is 109 Å². The SMILES string of the molecule is O=C=C1[C@@H](C(=O)O)N(OCc2ccccc2)C[C@@H]1O. The molecule has 0 radical (unpaired) electrons. The third-order valence-corrected chi connectivity index (χ3v) is 2.89. The molecule has 1 aromatic carbocycles. The molecule has 2 rings (SSSR count). The highest BCUT2D eigenvalue weighted by Crippen LogP contribution is 2.23. The highest BCUT2D eigenvalue weighted by atomic mass is 16.7. The van der Waals surface area contributed by atoms with Crippen molar-refractivity contribution in [3.63, 3.8) is 0 Å². The molecule has 19 heavy (non-hydrogen) atoms. The van der Waals surface area contributed by atoms with Crippen LogP contribution in [0.4, 0.5) is 0 Å². The van der Waals surface area contributed by atoms with E-state index in [0.717, 1.165) is 10.6 Å². The topological polar surface area (TPSA) is 87.1 Å².